The molecule has 7 nitrogen and oxygen atoms in total. The molecule has 0 aliphatic heterocycles. The molecule has 1 N–H and O–H groups in total. The molecule has 1 aromatic carbocycles. The second kappa shape index (κ2) is 6.65. The van der Waals surface area contributed by atoms with E-state index in [1.807, 2.05) is 0 Å². The molecule has 124 valence electrons. The maximum atomic E-state index is 12.6. The largest absolute Gasteiger partial charge is 0.278 e. The summed E-state index contributed by atoms with van der Waals surface area (Å²) in [5.74, 6) is 0. The highest BCUT2D eigenvalue weighted by molar-refractivity contribution is 7.94. The first-order chi connectivity index (χ1) is 10.8. The third kappa shape index (κ3) is 3.69. The number of pyridine rings is 1. The highest BCUT2D eigenvalue weighted by Crippen LogP contribution is 2.25. The predicted molar refractivity (Wildman–Crippen MR) is 87.0 cm³/mol. The van der Waals surface area contributed by atoms with Gasteiger partial charge in [-0.2, -0.15) is 0 Å². The van der Waals surface area contributed by atoms with Crippen LogP contribution >= 0.6 is 0 Å². The van der Waals surface area contributed by atoms with Gasteiger partial charge < -0.3 is 0 Å². The van der Waals surface area contributed by atoms with Crippen molar-refractivity contribution in [3.63, 3.8) is 0 Å². The van der Waals surface area contributed by atoms with Gasteiger partial charge in [0.25, 0.3) is 10.0 Å². The second-order valence-electron chi connectivity index (χ2n) is 4.71. The molecule has 1 aromatic heterocycles. The molecule has 2 rings (SSSR count). The Morgan fingerprint density at radius 1 is 1.04 bits per heavy atom. The number of benzene rings is 1. The van der Waals surface area contributed by atoms with Crippen LogP contribution in [0.2, 0.25) is 0 Å². The van der Waals surface area contributed by atoms with E-state index >= 15 is 0 Å². The van der Waals surface area contributed by atoms with Crippen molar-refractivity contribution in [3.05, 3.63) is 48.8 Å². The lowest BCUT2D eigenvalue weighted by Crippen LogP contribution is -2.28. The van der Waals surface area contributed by atoms with Gasteiger partial charge in [0.1, 0.15) is 9.79 Å². The molecular formula is C14H17N3O4S2. The summed E-state index contributed by atoms with van der Waals surface area (Å²) in [6.07, 6.45) is 2.85. The first-order valence-electron chi connectivity index (χ1n) is 6.77. The molecule has 0 amide bonds. The molecule has 23 heavy (non-hydrogen) atoms. The lowest BCUT2D eigenvalue weighted by atomic mass is 10.4. The van der Waals surface area contributed by atoms with Crippen LogP contribution in [0, 0.1) is 0 Å². The van der Waals surface area contributed by atoms with E-state index in [4.69, 9.17) is 0 Å². The minimum atomic E-state index is -4.06. The molecule has 9 heteroatoms. The standard InChI is InChI=1S/C14H17N3O4S2/c1-3-17(2)23(20,21)14-9-5-4-8-13(14)22(18,19)16-12-7-6-10-15-11-12/h4-11,16H,3H2,1-2H3. The van der Waals surface area contributed by atoms with Crippen LogP contribution in [0.1, 0.15) is 6.92 Å². The fraction of sp³-hybridized carbons (Fsp3) is 0.214. The summed E-state index contributed by atoms with van der Waals surface area (Å²) in [5, 5.41) is 0. The number of anilines is 1. The summed E-state index contributed by atoms with van der Waals surface area (Å²) >= 11 is 0. The van der Waals surface area contributed by atoms with Gasteiger partial charge in [0, 0.05) is 19.8 Å². The van der Waals surface area contributed by atoms with E-state index in [0.29, 0.717) is 0 Å². The zero-order chi connectivity index (χ0) is 17.1. The minimum absolute atomic E-state index is 0.229. The molecule has 0 unspecified atom stereocenters. The Morgan fingerprint density at radius 3 is 2.26 bits per heavy atom. The summed E-state index contributed by atoms with van der Waals surface area (Å²) in [4.78, 5) is 3.26. The average molecular weight is 355 g/mol. The Balaban J connectivity index is 2.53. The predicted octanol–water partition coefficient (Wildman–Crippen LogP) is 1.52. The third-order valence-electron chi connectivity index (χ3n) is 3.19. The van der Waals surface area contributed by atoms with Gasteiger partial charge in [-0.25, -0.2) is 21.1 Å². The van der Waals surface area contributed by atoms with Gasteiger partial charge in [-0.1, -0.05) is 19.1 Å². The second-order valence-corrected chi connectivity index (χ2v) is 8.38. The quantitative estimate of drug-likeness (QED) is 0.847. The molecule has 0 spiro atoms. The van der Waals surface area contributed by atoms with Crippen molar-refractivity contribution in [2.75, 3.05) is 18.3 Å². The average Bonchev–Trinajstić information content (AvgIpc) is 2.54. The first-order valence-corrected chi connectivity index (χ1v) is 9.69. The molecule has 1 heterocycles. The number of rotatable bonds is 6. The van der Waals surface area contributed by atoms with E-state index in [0.717, 1.165) is 4.31 Å². The molecule has 2 aromatic rings. The first kappa shape index (κ1) is 17.4. The van der Waals surface area contributed by atoms with Crippen molar-refractivity contribution < 1.29 is 16.8 Å². The summed E-state index contributed by atoms with van der Waals surface area (Å²) in [6, 6.07) is 8.60. The van der Waals surface area contributed by atoms with Crippen LogP contribution in [0.15, 0.2) is 58.6 Å². The van der Waals surface area contributed by atoms with Crippen LogP contribution in [0.25, 0.3) is 0 Å². The molecule has 0 aliphatic rings. The van der Waals surface area contributed by atoms with Crippen LogP contribution in [0.5, 0.6) is 0 Å². The van der Waals surface area contributed by atoms with Crippen LogP contribution < -0.4 is 4.72 Å². The van der Waals surface area contributed by atoms with E-state index in [9.17, 15) is 16.8 Å². The smallest absolute Gasteiger partial charge is 0.263 e. The number of sulfonamides is 2. The van der Waals surface area contributed by atoms with Crippen LogP contribution in [0.4, 0.5) is 5.69 Å². The van der Waals surface area contributed by atoms with Gasteiger partial charge in [0.15, 0.2) is 0 Å². The van der Waals surface area contributed by atoms with Gasteiger partial charge in [-0.05, 0) is 24.3 Å². The van der Waals surface area contributed by atoms with Gasteiger partial charge >= 0.3 is 0 Å². The highest BCUT2D eigenvalue weighted by atomic mass is 32.2. The molecule has 0 atom stereocenters. The van der Waals surface area contributed by atoms with Crippen molar-refractivity contribution in [2.45, 2.75) is 16.7 Å². The Morgan fingerprint density at radius 2 is 1.70 bits per heavy atom. The van der Waals surface area contributed by atoms with Crippen LogP contribution in [-0.4, -0.2) is 39.7 Å². The monoisotopic (exact) mass is 355 g/mol. The highest BCUT2D eigenvalue weighted by Gasteiger charge is 2.28. The molecule has 0 saturated heterocycles. The maximum Gasteiger partial charge on any atom is 0.263 e. The maximum absolute atomic E-state index is 12.6. The van der Waals surface area contributed by atoms with Crippen LogP contribution in [-0.2, 0) is 20.0 Å². The number of nitrogens with zero attached hydrogens (tertiary/aromatic N) is 2. The summed E-state index contributed by atoms with van der Waals surface area (Å²) in [7, 11) is -6.57. The molecule has 0 aliphatic carbocycles. The number of nitrogens with one attached hydrogen (secondary N) is 1. The van der Waals surface area contributed by atoms with Gasteiger partial charge in [-0.15, -0.1) is 0 Å². The van der Waals surface area contributed by atoms with Crippen molar-refractivity contribution in [3.8, 4) is 0 Å². The zero-order valence-corrected chi connectivity index (χ0v) is 14.3. The van der Waals surface area contributed by atoms with E-state index in [1.54, 1.807) is 13.0 Å². The summed E-state index contributed by atoms with van der Waals surface area (Å²) in [6.45, 7) is 1.90. The van der Waals surface area contributed by atoms with Crippen molar-refractivity contribution >= 4 is 25.7 Å². The van der Waals surface area contributed by atoms with Gasteiger partial charge in [0.2, 0.25) is 10.0 Å². The zero-order valence-electron chi connectivity index (χ0n) is 12.7. The van der Waals surface area contributed by atoms with Crippen molar-refractivity contribution in [1.29, 1.82) is 0 Å². The molecule has 0 bridgehead atoms. The van der Waals surface area contributed by atoms with E-state index < -0.39 is 20.0 Å². The molecule has 0 fully saturated rings. The third-order valence-corrected chi connectivity index (χ3v) is 6.75. The molecule has 0 radical (unpaired) electrons. The number of hydrogen-bond acceptors (Lipinski definition) is 5. The number of hydrogen-bond donors (Lipinski definition) is 1. The van der Waals surface area contributed by atoms with Crippen LogP contribution in [0.3, 0.4) is 0 Å². The van der Waals surface area contributed by atoms with E-state index in [-0.39, 0.29) is 22.0 Å². The Hall–Kier alpha value is -1.97. The Kier molecular flexibility index (Phi) is 5.03. The SMILES string of the molecule is CCN(C)S(=O)(=O)c1ccccc1S(=O)(=O)Nc1cccnc1. The lowest BCUT2D eigenvalue weighted by Gasteiger charge is -2.18. The summed E-state index contributed by atoms with van der Waals surface area (Å²) in [5.41, 5.74) is 0.253. The minimum Gasteiger partial charge on any atom is -0.278 e. The van der Waals surface area contributed by atoms with Gasteiger partial charge in [-0.3, -0.25) is 9.71 Å². The molecular weight excluding hydrogens is 338 g/mol. The Bertz CT molecular complexity index is 881. The Labute approximate surface area is 136 Å². The van der Waals surface area contributed by atoms with Crippen molar-refractivity contribution in [1.82, 2.24) is 9.29 Å². The number of aromatic nitrogens is 1. The van der Waals surface area contributed by atoms with Gasteiger partial charge in [0.05, 0.1) is 11.9 Å². The fourth-order valence-electron chi connectivity index (χ4n) is 1.86. The van der Waals surface area contributed by atoms with E-state index in [1.165, 1.54) is 49.8 Å². The normalized spacial score (nSPS) is 12.3. The van der Waals surface area contributed by atoms with Crippen molar-refractivity contribution in [2.24, 2.45) is 0 Å². The topological polar surface area (TPSA) is 96.4 Å². The lowest BCUT2D eigenvalue weighted by molar-refractivity contribution is 0.483. The summed E-state index contributed by atoms with van der Waals surface area (Å²) < 4.78 is 53.5. The van der Waals surface area contributed by atoms with E-state index in [2.05, 4.69) is 9.71 Å². The fourth-order valence-corrected chi connectivity index (χ4v) is 4.88. The molecule has 0 saturated carbocycles.